The van der Waals surface area contributed by atoms with Crippen molar-refractivity contribution in [3.05, 3.63) is 23.4 Å². The van der Waals surface area contributed by atoms with Crippen molar-refractivity contribution in [1.29, 1.82) is 0 Å². The third-order valence-corrected chi connectivity index (χ3v) is 4.71. The predicted molar refractivity (Wildman–Crippen MR) is 87.6 cm³/mol. The molecule has 20 heavy (non-hydrogen) atoms. The highest BCUT2D eigenvalue weighted by atomic mass is 35.5. The van der Waals surface area contributed by atoms with Gasteiger partial charge in [-0.15, -0.1) is 11.6 Å². The lowest BCUT2D eigenvalue weighted by molar-refractivity contribution is 0.335. The summed E-state index contributed by atoms with van der Waals surface area (Å²) in [6.07, 6.45) is 7.45. The Morgan fingerprint density at radius 3 is 2.80 bits per heavy atom. The molecule has 112 valence electrons. The van der Waals surface area contributed by atoms with Crippen LogP contribution in [0.3, 0.4) is 0 Å². The summed E-state index contributed by atoms with van der Waals surface area (Å²) in [4.78, 5) is 7.22. The molecular formula is C17H27ClN2. The number of alkyl halides is 1. The van der Waals surface area contributed by atoms with E-state index < -0.39 is 0 Å². The van der Waals surface area contributed by atoms with E-state index in [1.54, 1.807) is 0 Å². The molecule has 1 aromatic rings. The molecule has 1 fully saturated rings. The van der Waals surface area contributed by atoms with Crippen LogP contribution in [0.1, 0.15) is 57.2 Å². The van der Waals surface area contributed by atoms with Gasteiger partial charge in [-0.3, -0.25) is 0 Å². The first kappa shape index (κ1) is 15.6. The fourth-order valence-corrected chi connectivity index (χ4v) is 3.37. The van der Waals surface area contributed by atoms with Gasteiger partial charge < -0.3 is 4.90 Å². The van der Waals surface area contributed by atoms with Gasteiger partial charge in [0.1, 0.15) is 5.82 Å². The Balaban J connectivity index is 2.19. The minimum Gasteiger partial charge on any atom is -0.357 e. The van der Waals surface area contributed by atoms with Crippen molar-refractivity contribution in [2.45, 2.75) is 64.3 Å². The van der Waals surface area contributed by atoms with Crippen LogP contribution in [0, 0.1) is 5.92 Å². The molecule has 2 unspecified atom stereocenters. The molecule has 1 heterocycles. The quantitative estimate of drug-likeness (QED) is 0.726. The van der Waals surface area contributed by atoms with Crippen LogP contribution in [0.25, 0.3) is 0 Å². The van der Waals surface area contributed by atoms with Crippen molar-refractivity contribution in [3.63, 3.8) is 0 Å². The molecule has 0 aromatic carbocycles. The lowest BCUT2D eigenvalue weighted by atomic mass is 9.86. The normalized spacial score (nSPS) is 22.8. The number of nitrogens with zero attached hydrogens (tertiary/aromatic N) is 2. The van der Waals surface area contributed by atoms with Gasteiger partial charge in [-0.1, -0.05) is 33.1 Å². The number of anilines is 1. The maximum absolute atomic E-state index is 6.04. The monoisotopic (exact) mass is 294 g/mol. The average Bonchev–Trinajstić information content (AvgIpc) is 2.46. The van der Waals surface area contributed by atoms with Gasteiger partial charge in [0, 0.05) is 24.7 Å². The van der Waals surface area contributed by atoms with Crippen LogP contribution in [0.5, 0.6) is 0 Å². The van der Waals surface area contributed by atoms with Crippen molar-refractivity contribution < 1.29 is 0 Å². The Kier molecular flexibility index (Phi) is 5.71. The lowest BCUT2D eigenvalue weighted by Gasteiger charge is -2.35. The van der Waals surface area contributed by atoms with Gasteiger partial charge in [0.05, 0.1) is 0 Å². The number of halogens is 1. The minimum absolute atomic E-state index is 0.571. The number of aryl methyl sites for hydroxylation is 1. The summed E-state index contributed by atoms with van der Waals surface area (Å²) < 4.78 is 0. The van der Waals surface area contributed by atoms with Crippen molar-refractivity contribution in [1.82, 2.24) is 4.98 Å². The van der Waals surface area contributed by atoms with Crippen LogP contribution >= 0.6 is 11.6 Å². The van der Waals surface area contributed by atoms with E-state index in [0.29, 0.717) is 11.9 Å². The van der Waals surface area contributed by atoms with E-state index in [1.807, 2.05) is 0 Å². The number of aromatic nitrogens is 1. The maximum atomic E-state index is 6.04. The summed E-state index contributed by atoms with van der Waals surface area (Å²) in [5, 5.41) is 0. The zero-order chi connectivity index (χ0) is 14.5. The van der Waals surface area contributed by atoms with E-state index in [-0.39, 0.29) is 0 Å². The molecule has 3 heteroatoms. The number of hydrogen-bond acceptors (Lipinski definition) is 2. The Bertz CT molecular complexity index is 433. The summed E-state index contributed by atoms with van der Waals surface area (Å²) in [5.74, 6) is 2.51. The molecule has 0 spiro atoms. The van der Waals surface area contributed by atoms with Crippen molar-refractivity contribution in [2.24, 2.45) is 5.92 Å². The van der Waals surface area contributed by atoms with E-state index in [1.165, 1.54) is 36.9 Å². The van der Waals surface area contributed by atoms with Gasteiger partial charge in [0.2, 0.25) is 0 Å². The Labute approximate surface area is 128 Å². The highest BCUT2D eigenvalue weighted by Gasteiger charge is 2.23. The third kappa shape index (κ3) is 3.88. The second-order valence-electron chi connectivity index (χ2n) is 6.25. The molecule has 1 aliphatic carbocycles. The summed E-state index contributed by atoms with van der Waals surface area (Å²) in [7, 11) is 2.19. The predicted octanol–water partition coefficient (Wildman–Crippen LogP) is 4.79. The van der Waals surface area contributed by atoms with Gasteiger partial charge >= 0.3 is 0 Å². The first-order chi connectivity index (χ1) is 9.63. The van der Waals surface area contributed by atoms with E-state index in [2.05, 4.69) is 37.9 Å². The first-order valence-electron chi connectivity index (χ1n) is 7.92. The van der Waals surface area contributed by atoms with Gasteiger partial charge in [-0.25, -0.2) is 4.98 Å². The molecule has 2 nitrogen and oxygen atoms in total. The van der Waals surface area contributed by atoms with E-state index >= 15 is 0 Å². The molecule has 0 saturated heterocycles. The minimum atomic E-state index is 0.571. The highest BCUT2D eigenvalue weighted by Crippen LogP contribution is 2.29. The zero-order valence-electron chi connectivity index (χ0n) is 13.0. The van der Waals surface area contributed by atoms with E-state index in [9.17, 15) is 0 Å². The van der Waals surface area contributed by atoms with E-state index in [4.69, 9.17) is 16.6 Å². The van der Waals surface area contributed by atoms with Gasteiger partial charge in [-0.05, 0) is 42.9 Å². The SMILES string of the molecule is CCCc1cc(CCl)cc(N(C)C2CCCC(C)C2)n1. The number of hydrogen-bond donors (Lipinski definition) is 0. The van der Waals surface area contributed by atoms with Crippen LogP contribution in [0.2, 0.25) is 0 Å². The number of pyridine rings is 1. The largest absolute Gasteiger partial charge is 0.357 e. The molecular weight excluding hydrogens is 268 g/mol. The lowest BCUT2D eigenvalue weighted by Crippen LogP contribution is -2.36. The molecule has 0 amide bonds. The first-order valence-corrected chi connectivity index (χ1v) is 8.46. The zero-order valence-corrected chi connectivity index (χ0v) is 13.8. The standard InChI is InChI=1S/C17H27ClN2/c1-4-6-15-10-14(12-18)11-17(19-15)20(3)16-8-5-7-13(2)9-16/h10-11,13,16H,4-9,12H2,1-3H3. The van der Waals surface area contributed by atoms with Gasteiger partial charge in [0.25, 0.3) is 0 Å². The van der Waals surface area contributed by atoms with Crippen molar-refractivity contribution >= 4 is 17.4 Å². The molecule has 0 radical (unpaired) electrons. The second kappa shape index (κ2) is 7.31. The van der Waals surface area contributed by atoms with Crippen molar-refractivity contribution in [3.8, 4) is 0 Å². The molecule has 0 N–H and O–H groups in total. The molecule has 2 rings (SSSR count). The topological polar surface area (TPSA) is 16.1 Å². The van der Waals surface area contributed by atoms with Gasteiger partial charge in [-0.2, -0.15) is 0 Å². The summed E-state index contributed by atoms with van der Waals surface area (Å²) >= 11 is 6.04. The van der Waals surface area contributed by atoms with Crippen LogP contribution in [-0.4, -0.2) is 18.1 Å². The second-order valence-corrected chi connectivity index (χ2v) is 6.51. The Morgan fingerprint density at radius 1 is 1.35 bits per heavy atom. The van der Waals surface area contributed by atoms with Crippen LogP contribution in [0.15, 0.2) is 12.1 Å². The van der Waals surface area contributed by atoms with Crippen LogP contribution in [-0.2, 0) is 12.3 Å². The Morgan fingerprint density at radius 2 is 2.15 bits per heavy atom. The smallest absolute Gasteiger partial charge is 0.129 e. The molecule has 1 aromatic heterocycles. The fourth-order valence-electron chi connectivity index (χ4n) is 3.22. The molecule has 0 bridgehead atoms. The molecule has 0 aliphatic heterocycles. The third-order valence-electron chi connectivity index (χ3n) is 4.40. The van der Waals surface area contributed by atoms with Crippen molar-refractivity contribution in [2.75, 3.05) is 11.9 Å². The molecule has 2 atom stereocenters. The van der Waals surface area contributed by atoms with Gasteiger partial charge in [0.15, 0.2) is 0 Å². The maximum Gasteiger partial charge on any atom is 0.129 e. The highest BCUT2D eigenvalue weighted by molar-refractivity contribution is 6.17. The molecule has 1 saturated carbocycles. The average molecular weight is 295 g/mol. The summed E-state index contributed by atoms with van der Waals surface area (Å²) in [6, 6.07) is 4.94. The fraction of sp³-hybridized carbons (Fsp3) is 0.706. The number of rotatable bonds is 5. The summed E-state index contributed by atoms with van der Waals surface area (Å²) in [6.45, 7) is 4.56. The molecule has 1 aliphatic rings. The van der Waals surface area contributed by atoms with E-state index in [0.717, 1.165) is 24.6 Å². The Hall–Kier alpha value is -0.760. The summed E-state index contributed by atoms with van der Waals surface area (Å²) in [5.41, 5.74) is 2.37. The van der Waals surface area contributed by atoms with Crippen LogP contribution in [0.4, 0.5) is 5.82 Å². The van der Waals surface area contributed by atoms with Crippen LogP contribution < -0.4 is 4.90 Å².